The summed E-state index contributed by atoms with van der Waals surface area (Å²) in [5.41, 5.74) is 4.71. The number of nitrogens with one attached hydrogen (secondary N) is 1. The van der Waals surface area contributed by atoms with Gasteiger partial charge in [-0.25, -0.2) is 5.43 Å². The van der Waals surface area contributed by atoms with Gasteiger partial charge in [0.2, 0.25) is 5.91 Å². The second-order valence-electron chi connectivity index (χ2n) is 4.33. The number of benzene rings is 2. The van der Waals surface area contributed by atoms with Crippen molar-refractivity contribution in [2.45, 2.75) is 6.42 Å². The zero-order chi connectivity index (χ0) is 15.1. The van der Waals surface area contributed by atoms with E-state index in [9.17, 15) is 4.79 Å². The van der Waals surface area contributed by atoms with Crippen LogP contribution in [0.15, 0.2) is 53.6 Å². The number of amides is 1. The van der Waals surface area contributed by atoms with Crippen molar-refractivity contribution in [1.29, 1.82) is 5.26 Å². The number of carbonyl (C=O) groups is 1. The van der Waals surface area contributed by atoms with Crippen molar-refractivity contribution in [3.8, 4) is 6.07 Å². The maximum atomic E-state index is 11.7. The summed E-state index contributed by atoms with van der Waals surface area (Å²) in [6.45, 7) is 0. The molecular weight excluding hydrogens is 286 g/mol. The van der Waals surface area contributed by atoms with Crippen LogP contribution in [-0.4, -0.2) is 12.1 Å². The average molecular weight is 298 g/mol. The van der Waals surface area contributed by atoms with E-state index in [-0.39, 0.29) is 12.3 Å². The topological polar surface area (TPSA) is 65.2 Å². The van der Waals surface area contributed by atoms with Crippen molar-refractivity contribution >= 4 is 23.7 Å². The van der Waals surface area contributed by atoms with Crippen LogP contribution in [0.5, 0.6) is 0 Å². The van der Waals surface area contributed by atoms with Crippen molar-refractivity contribution in [2.24, 2.45) is 5.10 Å². The van der Waals surface area contributed by atoms with Gasteiger partial charge in [0.25, 0.3) is 0 Å². The summed E-state index contributed by atoms with van der Waals surface area (Å²) < 4.78 is 0. The molecule has 104 valence electrons. The van der Waals surface area contributed by atoms with E-state index >= 15 is 0 Å². The normalized spacial score (nSPS) is 10.3. The fourth-order valence-corrected chi connectivity index (χ4v) is 1.78. The Hall–Kier alpha value is -2.64. The lowest BCUT2D eigenvalue weighted by atomic mass is 10.1. The molecule has 5 heteroatoms. The Morgan fingerprint density at radius 2 is 1.86 bits per heavy atom. The van der Waals surface area contributed by atoms with Crippen LogP contribution in [-0.2, 0) is 11.2 Å². The van der Waals surface area contributed by atoms with Crippen molar-refractivity contribution in [2.75, 3.05) is 0 Å². The maximum absolute atomic E-state index is 11.7. The van der Waals surface area contributed by atoms with Crippen LogP contribution in [0.2, 0.25) is 5.02 Å². The van der Waals surface area contributed by atoms with Gasteiger partial charge in [-0.2, -0.15) is 10.4 Å². The van der Waals surface area contributed by atoms with Crippen molar-refractivity contribution in [3.05, 3.63) is 70.2 Å². The van der Waals surface area contributed by atoms with Gasteiger partial charge in [-0.15, -0.1) is 0 Å². The number of hydrogen-bond donors (Lipinski definition) is 1. The van der Waals surface area contributed by atoms with E-state index in [1.807, 2.05) is 6.07 Å². The molecule has 0 saturated carbocycles. The number of hydrazone groups is 1. The molecule has 21 heavy (non-hydrogen) atoms. The fourth-order valence-electron chi connectivity index (χ4n) is 1.65. The fraction of sp³-hybridized carbons (Fsp3) is 0.0625. The Balaban J connectivity index is 1.86. The molecular formula is C16H12ClN3O. The number of nitrogens with zero attached hydrogens (tertiary/aromatic N) is 2. The second kappa shape index (κ2) is 7.22. The van der Waals surface area contributed by atoms with E-state index in [0.29, 0.717) is 10.6 Å². The largest absolute Gasteiger partial charge is 0.273 e. The lowest BCUT2D eigenvalue weighted by molar-refractivity contribution is -0.120. The first-order chi connectivity index (χ1) is 10.2. The summed E-state index contributed by atoms with van der Waals surface area (Å²) in [5.74, 6) is -0.206. The Kier molecular flexibility index (Phi) is 5.08. The standard InChI is InChI=1S/C16H12ClN3O/c17-15-7-5-12(6-8-15)9-16(21)20-19-11-14-3-1-13(10-18)2-4-14/h1-8,11H,9H2,(H,20,21)/b19-11-. The van der Waals surface area contributed by atoms with Crippen molar-refractivity contribution in [3.63, 3.8) is 0 Å². The van der Waals surface area contributed by atoms with Gasteiger partial charge in [0.1, 0.15) is 0 Å². The molecule has 0 radical (unpaired) electrons. The molecule has 0 aliphatic carbocycles. The zero-order valence-corrected chi connectivity index (χ0v) is 11.8. The molecule has 0 aliphatic heterocycles. The highest BCUT2D eigenvalue weighted by molar-refractivity contribution is 6.30. The molecule has 4 nitrogen and oxygen atoms in total. The van der Waals surface area contributed by atoms with Gasteiger partial charge >= 0.3 is 0 Å². The minimum absolute atomic E-state index is 0.206. The molecule has 0 spiro atoms. The highest BCUT2D eigenvalue weighted by Gasteiger charge is 2.01. The first kappa shape index (κ1) is 14.8. The maximum Gasteiger partial charge on any atom is 0.244 e. The second-order valence-corrected chi connectivity index (χ2v) is 4.77. The summed E-state index contributed by atoms with van der Waals surface area (Å²) in [6, 6.07) is 16.0. The molecule has 0 heterocycles. The van der Waals surface area contributed by atoms with Gasteiger partial charge < -0.3 is 0 Å². The molecule has 0 atom stereocenters. The summed E-state index contributed by atoms with van der Waals surface area (Å²) >= 11 is 5.78. The minimum atomic E-state index is -0.206. The lowest BCUT2D eigenvalue weighted by Crippen LogP contribution is -2.19. The minimum Gasteiger partial charge on any atom is -0.273 e. The van der Waals surface area contributed by atoms with Crippen LogP contribution >= 0.6 is 11.6 Å². The predicted molar refractivity (Wildman–Crippen MR) is 82.0 cm³/mol. The smallest absolute Gasteiger partial charge is 0.244 e. The highest BCUT2D eigenvalue weighted by Crippen LogP contribution is 2.09. The van der Waals surface area contributed by atoms with Gasteiger partial charge in [-0.05, 0) is 35.4 Å². The Bertz CT molecular complexity index is 685. The molecule has 2 rings (SSSR count). The lowest BCUT2D eigenvalue weighted by Gasteiger charge is -2.00. The Morgan fingerprint density at radius 1 is 1.19 bits per heavy atom. The van der Waals surface area contributed by atoms with Crippen LogP contribution in [0.3, 0.4) is 0 Å². The molecule has 2 aromatic rings. The van der Waals surface area contributed by atoms with Gasteiger partial charge in [0, 0.05) is 5.02 Å². The van der Waals surface area contributed by atoms with Gasteiger partial charge in [-0.3, -0.25) is 4.79 Å². The molecule has 0 aromatic heterocycles. The highest BCUT2D eigenvalue weighted by atomic mass is 35.5. The summed E-state index contributed by atoms with van der Waals surface area (Å²) in [7, 11) is 0. The Morgan fingerprint density at radius 3 is 2.48 bits per heavy atom. The van der Waals surface area contributed by atoms with Gasteiger partial charge in [-0.1, -0.05) is 35.9 Å². The molecule has 0 fully saturated rings. The van der Waals surface area contributed by atoms with Gasteiger partial charge in [0.15, 0.2) is 0 Å². The number of rotatable bonds is 4. The first-order valence-corrected chi connectivity index (χ1v) is 6.61. The summed E-state index contributed by atoms with van der Waals surface area (Å²) in [4.78, 5) is 11.7. The van der Waals surface area contributed by atoms with Crippen LogP contribution in [0.4, 0.5) is 0 Å². The number of hydrogen-bond acceptors (Lipinski definition) is 3. The third-order valence-corrected chi connectivity index (χ3v) is 2.97. The van der Waals surface area contributed by atoms with Crippen LogP contribution in [0.1, 0.15) is 16.7 Å². The molecule has 1 amide bonds. The molecule has 2 aromatic carbocycles. The van der Waals surface area contributed by atoms with Crippen LogP contribution < -0.4 is 5.43 Å². The third kappa shape index (κ3) is 4.75. The quantitative estimate of drug-likeness (QED) is 0.696. The summed E-state index contributed by atoms with van der Waals surface area (Å²) in [6.07, 6.45) is 1.77. The number of halogens is 1. The van der Waals surface area contributed by atoms with E-state index in [0.717, 1.165) is 11.1 Å². The zero-order valence-electron chi connectivity index (χ0n) is 11.1. The van der Waals surface area contributed by atoms with Crippen LogP contribution in [0, 0.1) is 11.3 Å². The Labute approximate surface area is 127 Å². The third-order valence-electron chi connectivity index (χ3n) is 2.72. The van der Waals surface area contributed by atoms with Crippen molar-refractivity contribution in [1.82, 2.24) is 5.43 Å². The van der Waals surface area contributed by atoms with E-state index in [1.54, 1.807) is 48.5 Å². The molecule has 0 saturated heterocycles. The van der Waals surface area contributed by atoms with Crippen LogP contribution in [0.25, 0.3) is 0 Å². The molecule has 0 unspecified atom stereocenters. The van der Waals surface area contributed by atoms with E-state index in [1.165, 1.54) is 6.21 Å². The van der Waals surface area contributed by atoms with E-state index in [4.69, 9.17) is 16.9 Å². The molecule has 0 aliphatic rings. The summed E-state index contributed by atoms with van der Waals surface area (Å²) in [5, 5.41) is 13.2. The molecule has 0 bridgehead atoms. The SMILES string of the molecule is N#Cc1ccc(/C=N\NC(=O)Cc2ccc(Cl)cc2)cc1. The van der Waals surface area contributed by atoms with Gasteiger partial charge in [0.05, 0.1) is 24.3 Å². The monoisotopic (exact) mass is 297 g/mol. The van der Waals surface area contributed by atoms with E-state index < -0.39 is 0 Å². The predicted octanol–water partition coefficient (Wildman–Crippen LogP) is 2.90. The average Bonchev–Trinajstić information content (AvgIpc) is 2.50. The van der Waals surface area contributed by atoms with Crippen molar-refractivity contribution < 1.29 is 4.79 Å². The van der Waals surface area contributed by atoms with E-state index in [2.05, 4.69) is 10.5 Å². The first-order valence-electron chi connectivity index (χ1n) is 6.24. The molecule has 1 N–H and O–H groups in total. The number of nitriles is 1. The number of carbonyl (C=O) groups excluding carboxylic acids is 1.